The summed E-state index contributed by atoms with van der Waals surface area (Å²) in [6.07, 6.45) is 2.01. The van der Waals surface area contributed by atoms with Crippen LogP contribution in [0.25, 0.3) is 17.1 Å². The van der Waals surface area contributed by atoms with E-state index >= 15 is 0 Å². The molecule has 0 aliphatic rings. The molecule has 0 unspecified atom stereocenters. The van der Waals surface area contributed by atoms with E-state index in [4.69, 9.17) is 0 Å². The SMILES string of the molecule is CSc1ccc(-c2nc(CS)c(C#N)c(=O)n2-c2ccc(C(C)(C)C)cc2)cc1. The van der Waals surface area contributed by atoms with Crippen LogP contribution in [0, 0.1) is 11.3 Å². The van der Waals surface area contributed by atoms with Crippen LogP contribution in [-0.2, 0) is 11.2 Å². The van der Waals surface area contributed by atoms with Crippen LogP contribution in [-0.4, -0.2) is 15.8 Å². The van der Waals surface area contributed by atoms with Crippen molar-refractivity contribution in [1.29, 1.82) is 5.26 Å². The van der Waals surface area contributed by atoms with Gasteiger partial charge in [0.2, 0.25) is 0 Å². The van der Waals surface area contributed by atoms with Crippen molar-refractivity contribution in [2.75, 3.05) is 6.26 Å². The summed E-state index contributed by atoms with van der Waals surface area (Å²) in [6.45, 7) is 6.43. The van der Waals surface area contributed by atoms with Crippen LogP contribution in [0.1, 0.15) is 37.6 Å². The van der Waals surface area contributed by atoms with Crippen molar-refractivity contribution in [3.8, 4) is 23.1 Å². The molecule has 1 aromatic heterocycles. The summed E-state index contributed by atoms with van der Waals surface area (Å²) in [7, 11) is 0. The second-order valence-corrected chi connectivity index (χ2v) is 8.89. The number of nitriles is 1. The molecule has 0 saturated carbocycles. The zero-order valence-corrected chi connectivity index (χ0v) is 18.6. The molecule has 3 rings (SSSR count). The third-order valence-corrected chi connectivity index (χ3v) is 5.80. The Morgan fingerprint density at radius 1 is 1.10 bits per heavy atom. The Balaban J connectivity index is 2.28. The van der Waals surface area contributed by atoms with Crippen LogP contribution in [0.2, 0.25) is 0 Å². The highest BCUT2D eigenvalue weighted by atomic mass is 32.2. The molecule has 3 aromatic rings. The van der Waals surface area contributed by atoms with Gasteiger partial charge in [-0.15, -0.1) is 11.8 Å². The third-order valence-electron chi connectivity index (χ3n) is 4.76. The second-order valence-electron chi connectivity index (χ2n) is 7.69. The Morgan fingerprint density at radius 3 is 2.21 bits per heavy atom. The first-order valence-electron chi connectivity index (χ1n) is 9.22. The van der Waals surface area contributed by atoms with Gasteiger partial charge in [0.1, 0.15) is 17.5 Å². The van der Waals surface area contributed by atoms with Gasteiger partial charge in [-0.05, 0) is 41.5 Å². The number of thiol groups is 1. The van der Waals surface area contributed by atoms with Crippen molar-refractivity contribution in [3.05, 3.63) is 75.7 Å². The quantitative estimate of drug-likeness (QED) is 0.463. The van der Waals surface area contributed by atoms with Crippen LogP contribution in [0.3, 0.4) is 0 Å². The van der Waals surface area contributed by atoms with Crippen LogP contribution in [0.5, 0.6) is 0 Å². The molecule has 0 amide bonds. The van der Waals surface area contributed by atoms with Gasteiger partial charge in [-0.25, -0.2) is 4.98 Å². The van der Waals surface area contributed by atoms with Gasteiger partial charge in [0.15, 0.2) is 0 Å². The van der Waals surface area contributed by atoms with E-state index in [1.54, 1.807) is 11.8 Å². The highest BCUT2D eigenvalue weighted by Gasteiger charge is 2.19. The maximum Gasteiger partial charge on any atom is 0.276 e. The van der Waals surface area contributed by atoms with Crippen LogP contribution in [0.15, 0.2) is 58.2 Å². The average molecular weight is 422 g/mol. The molecule has 0 spiro atoms. The first-order chi connectivity index (χ1) is 13.8. The molecule has 0 aliphatic heterocycles. The summed E-state index contributed by atoms with van der Waals surface area (Å²) in [5.41, 5.74) is 2.72. The van der Waals surface area contributed by atoms with E-state index in [-0.39, 0.29) is 22.3 Å². The van der Waals surface area contributed by atoms with Crippen molar-refractivity contribution in [2.24, 2.45) is 0 Å². The summed E-state index contributed by atoms with van der Waals surface area (Å²) >= 11 is 5.92. The molecule has 2 aromatic carbocycles. The number of hydrogen-bond acceptors (Lipinski definition) is 5. The van der Waals surface area contributed by atoms with Gasteiger partial charge in [-0.3, -0.25) is 9.36 Å². The van der Waals surface area contributed by atoms with E-state index in [0.29, 0.717) is 17.2 Å². The standard InChI is InChI=1S/C23H23N3OS2/c1-23(2,3)16-7-9-17(10-8-16)26-21(15-5-11-18(29-4)12-6-15)25-20(14-28)19(13-24)22(26)27/h5-12,28H,14H2,1-4H3. The lowest BCUT2D eigenvalue weighted by Gasteiger charge is -2.20. The van der Waals surface area contributed by atoms with Gasteiger partial charge in [-0.2, -0.15) is 17.9 Å². The van der Waals surface area contributed by atoms with Crippen molar-refractivity contribution in [3.63, 3.8) is 0 Å². The Morgan fingerprint density at radius 2 is 1.72 bits per heavy atom. The van der Waals surface area contributed by atoms with Crippen molar-refractivity contribution < 1.29 is 0 Å². The first kappa shape index (κ1) is 21.2. The number of hydrogen-bond donors (Lipinski definition) is 1. The van der Waals surface area contributed by atoms with E-state index in [2.05, 4.69) is 38.4 Å². The molecule has 4 nitrogen and oxygen atoms in total. The molecule has 0 fully saturated rings. The fourth-order valence-corrected chi connectivity index (χ4v) is 3.71. The first-order valence-corrected chi connectivity index (χ1v) is 11.1. The minimum absolute atomic E-state index is 0.00588. The highest BCUT2D eigenvalue weighted by Crippen LogP contribution is 2.27. The maximum absolute atomic E-state index is 13.2. The molecule has 0 bridgehead atoms. The fourth-order valence-electron chi connectivity index (χ4n) is 3.08. The average Bonchev–Trinajstić information content (AvgIpc) is 2.72. The van der Waals surface area contributed by atoms with E-state index in [1.165, 1.54) is 10.1 Å². The van der Waals surface area contributed by atoms with E-state index in [1.807, 2.05) is 60.9 Å². The summed E-state index contributed by atoms with van der Waals surface area (Å²) in [5, 5.41) is 9.54. The Bertz CT molecular complexity index is 1120. The van der Waals surface area contributed by atoms with Crippen LogP contribution < -0.4 is 5.56 Å². The number of rotatable bonds is 4. The summed E-state index contributed by atoms with van der Waals surface area (Å²) in [6, 6.07) is 17.7. The third kappa shape index (κ3) is 4.26. The number of nitrogens with zero attached hydrogens (tertiary/aromatic N) is 3. The fraction of sp³-hybridized carbons (Fsp3) is 0.261. The maximum atomic E-state index is 13.2. The van der Waals surface area contributed by atoms with Gasteiger partial charge in [0.25, 0.3) is 5.56 Å². The zero-order valence-electron chi connectivity index (χ0n) is 16.9. The zero-order chi connectivity index (χ0) is 21.2. The summed E-state index contributed by atoms with van der Waals surface area (Å²) in [4.78, 5) is 19.0. The number of aromatic nitrogens is 2. The van der Waals surface area contributed by atoms with Gasteiger partial charge in [-0.1, -0.05) is 45.0 Å². The minimum Gasteiger partial charge on any atom is -0.267 e. The molecular formula is C23H23N3OS2. The summed E-state index contributed by atoms with van der Waals surface area (Å²) in [5.74, 6) is 0.729. The monoisotopic (exact) mass is 421 g/mol. The topological polar surface area (TPSA) is 58.7 Å². The Labute approximate surface area is 181 Å². The predicted octanol–water partition coefficient (Wildman–Crippen LogP) is 5.22. The van der Waals surface area contributed by atoms with Gasteiger partial charge >= 0.3 is 0 Å². The number of thioether (sulfide) groups is 1. The lowest BCUT2D eigenvalue weighted by molar-refractivity contribution is 0.590. The smallest absolute Gasteiger partial charge is 0.267 e. The van der Waals surface area contributed by atoms with E-state index in [0.717, 1.165) is 10.5 Å². The molecule has 0 radical (unpaired) electrons. The molecule has 6 heteroatoms. The molecule has 0 aliphatic carbocycles. The highest BCUT2D eigenvalue weighted by molar-refractivity contribution is 7.98. The molecule has 0 atom stereocenters. The minimum atomic E-state index is -0.376. The van der Waals surface area contributed by atoms with Crippen molar-refractivity contribution in [2.45, 2.75) is 36.8 Å². The molecular weight excluding hydrogens is 398 g/mol. The second kappa shape index (κ2) is 8.48. The molecule has 0 saturated heterocycles. The Kier molecular flexibility index (Phi) is 6.21. The van der Waals surface area contributed by atoms with E-state index in [9.17, 15) is 10.1 Å². The Hall–Kier alpha value is -2.49. The van der Waals surface area contributed by atoms with Gasteiger partial charge in [0.05, 0.1) is 11.4 Å². The van der Waals surface area contributed by atoms with Crippen molar-refractivity contribution in [1.82, 2.24) is 9.55 Å². The van der Waals surface area contributed by atoms with Gasteiger partial charge < -0.3 is 0 Å². The molecule has 148 valence electrons. The normalized spacial score (nSPS) is 11.3. The molecule has 29 heavy (non-hydrogen) atoms. The van der Waals surface area contributed by atoms with Gasteiger partial charge in [0, 0.05) is 16.2 Å². The predicted molar refractivity (Wildman–Crippen MR) is 123 cm³/mol. The summed E-state index contributed by atoms with van der Waals surface area (Å²) < 4.78 is 1.52. The molecule has 0 N–H and O–H groups in total. The lowest BCUT2D eigenvalue weighted by Crippen LogP contribution is -2.26. The van der Waals surface area contributed by atoms with Crippen LogP contribution in [0.4, 0.5) is 0 Å². The molecule has 1 heterocycles. The largest absolute Gasteiger partial charge is 0.276 e. The van der Waals surface area contributed by atoms with Crippen LogP contribution >= 0.6 is 24.4 Å². The lowest BCUT2D eigenvalue weighted by atomic mass is 9.87. The van der Waals surface area contributed by atoms with E-state index < -0.39 is 0 Å². The van der Waals surface area contributed by atoms with Crippen molar-refractivity contribution >= 4 is 24.4 Å². The number of benzene rings is 2.